The summed E-state index contributed by atoms with van der Waals surface area (Å²) in [6, 6.07) is 10.6. The zero-order chi connectivity index (χ0) is 20.7. The molecule has 2 aromatic rings. The average molecular weight is 394 g/mol. The number of amides is 1. The highest BCUT2D eigenvalue weighted by atomic mass is 19.4. The molecule has 0 radical (unpaired) electrons. The summed E-state index contributed by atoms with van der Waals surface area (Å²) < 4.78 is 55.1. The summed E-state index contributed by atoms with van der Waals surface area (Å²) >= 11 is 0. The van der Waals surface area contributed by atoms with Gasteiger partial charge in [0.15, 0.2) is 0 Å². The molecule has 0 heterocycles. The third-order valence-electron chi connectivity index (χ3n) is 3.84. The maximum Gasteiger partial charge on any atom is 0.573 e. The lowest BCUT2D eigenvalue weighted by Crippen LogP contribution is -2.30. The Balaban J connectivity index is 2.36. The fourth-order valence-electron chi connectivity index (χ4n) is 2.60. The molecule has 0 atom stereocenters. The quantitative estimate of drug-likeness (QED) is 0.598. The van der Waals surface area contributed by atoms with Crippen LogP contribution in [0.15, 0.2) is 42.5 Å². The summed E-state index contributed by atoms with van der Waals surface area (Å²) in [7, 11) is 0. The number of anilines is 1. The van der Waals surface area contributed by atoms with Crippen LogP contribution in [0.2, 0.25) is 0 Å². The van der Waals surface area contributed by atoms with Crippen LogP contribution in [0.5, 0.6) is 5.75 Å². The van der Waals surface area contributed by atoms with Crippen LogP contribution < -0.4 is 9.64 Å². The third kappa shape index (κ3) is 6.27. The van der Waals surface area contributed by atoms with Crippen molar-refractivity contribution in [2.24, 2.45) is 0 Å². The van der Waals surface area contributed by atoms with Gasteiger partial charge < -0.3 is 9.64 Å². The molecule has 0 aliphatic carbocycles. The molecular weight excluding hydrogens is 376 g/mol. The lowest BCUT2D eigenvalue weighted by Gasteiger charge is -2.24. The molecule has 0 aliphatic heterocycles. The highest BCUT2D eigenvalue weighted by Crippen LogP contribution is 2.26. The molecule has 0 N–H and O–H groups in total. The molecule has 8 heteroatoms. The molecule has 4 nitrogen and oxygen atoms in total. The second kappa shape index (κ2) is 9.22. The standard InChI is InChI=1S/C20H18F4N2O2/c1-2-3-7-19(27)26(17-9-15(12-25)8-16(21)11-17)13-14-5-4-6-18(10-14)28-20(22,23)24/h4-6,8-11H,2-3,7,13H2,1H3. The van der Waals surface area contributed by atoms with Crippen molar-refractivity contribution in [3.63, 3.8) is 0 Å². The van der Waals surface area contributed by atoms with Gasteiger partial charge in [-0.2, -0.15) is 5.26 Å². The van der Waals surface area contributed by atoms with E-state index in [4.69, 9.17) is 5.26 Å². The van der Waals surface area contributed by atoms with Gasteiger partial charge in [0.1, 0.15) is 11.6 Å². The van der Waals surface area contributed by atoms with E-state index >= 15 is 0 Å². The van der Waals surface area contributed by atoms with Crippen LogP contribution in [0.4, 0.5) is 23.2 Å². The molecule has 0 unspecified atom stereocenters. The van der Waals surface area contributed by atoms with E-state index in [9.17, 15) is 22.4 Å². The predicted octanol–water partition coefficient (Wildman–Crippen LogP) is 5.32. The Morgan fingerprint density at radius 1 is 1.21 bits per heavy atom. The molecule has 1 amide bonds. The van der Waals surface area contributed by atoms with Gasteiger partial charge in [0.2, 0.25) is 5.91 Å². The van der Waals surface area contributed by atoms with Crippen LogP contribution in [-0.2, 0) is 11.3 Å². The second-order valence-electron chi connectivity index (χ2n) is 6.09. The maximum atomic E-state index is 13.8. The molecule has 0 spiro atoms. The van der Waals surface area contributed by atoms with Gasteiger partial charge in [-0.25, -0.2) is 4.39 Å². The second-order valence-corrected chi connectivity index (χ2v) is 6.09. The van der Waals surface area contributed by atoms with E-state index in [1.807, 2.05) is 13.0 Å². The Hall–Kier alpha value is -3.08. The number of carbonyl (C=O) groups excluding carboxylic acids is 1. The van der Waals surface area contributed by atoms with Crippen molar-refractivity contribution in [1.82, 2.24) is 0 Å². The topological polar surface area (TPSA) is 53.3 Å². The lowest BCUT2D eigenvalue weighted by atomic mass is 10.1. The molecule has 0 fully saturated rings. The summed E-state index contributed by atoms with van der Waals surface area (Å²) in [6.07, 6.45) is -3.28. The number of halogens is 4. The minimum Gasteiger partial charge on any atom is -0.406 e. The summed E-state index contributed by atoms with van der Waals surface area (Å²) in [5, 5.41) is 9.04. The van der Waals surface area contributed by atoms with Crippen molar-refractivity contribution in [1.29, 1.82) is 5.26 Å². The van der Waals surface area contributed by atoms with Crippen LogP contribution in [-0.4, -0.2) is 12.3 Å². The maximum absolute atomic E-state index is 13.8. The first kappa shape index (κ1) is 21.2. The Kier molecular flexibility index (Phi) is 6.99. The molecule has 28 heavy (non-hydrogen) atoms. The van der Waals surface area contributed by atoms with Crippen molar-refractivity contribution < 1.29 is 27.1 Å². The molecule has 0 aliphatic rings. The van der Waals surface area contributed by atoms with Crippen LogP contribution in [0.3, 0.4) is 0 Å². The highest BCUT2D eigenvalue weighted by Gasteiger charge is 2.31. The zero-order valence-electron chi connectivity index (χ0n) is 15.1. The number of benzene rings is 2. The van der Waals surface area contributed by atoms with Crippen molar-refractivity contribution in [2.45, 2.75) is 39.1 Å². The van der Waals surface area contributed by atoms with E-state index in [0.717, 1.165) is 30.7 Å². The molecular formula is C20H18F4N2O2. The van der Waals surface area contributed by atoms with Crippen molar-refractivity contribution in [3.8, 4) is 11.8 Å². The number of hydrogen-bond acceptors (Lipinski definition) is 3. The molecule has 2 aromatic carbocycles. The van der Waals surface area contributed by atoms with E-state index in [1.54, 1.807) is 0 Å². The molecule has 0 bridgehead atoms. The molecule has 148 valence electrons. The largest absolute Gasteiger partial charge is 0.573 e. The van der Waals surface area contributed by atoms with Gasteiger partial charge in [0.25, 0.3) is 0 Å². The fraction of sp³-hybridized carbons (Fsp3) is 0.300. The number of nitriles is 1. The third-order valence-corrected chi connectivity index (χ3v) is 3.84. The predicted molar refractivity (Wildman–Crippen MR) is 95.0 cm³/mol. The smallest absolute Gasteiger partial charge is 0.406 e. The summed E-state index contributed by atoms with van der Waals surface area (Å²) in [5.74, 6) is -1.42. The summed E-state index contributed by atoms with van der Waals surface area (Å²) in [6.45, 7) is 1.82. The molecule has 0 aromatic heterocycles. The number of nitrogens with zero attached hydrogens (tertiary/aromatic N) is 2. The van der Waals surface area contributed by atoms with Gasteiger partial charge >= 0.3 is 6.36 Å². The SMILES string of the molecule is CCCCC(=O)N(Cc1cccc(OC(F)(F)F)c1)c1cc(F)cc(C#N)c1. The van der Waals surface area contributed by atoms with Crippen molar-refractivity contribution >= 4 is 11.6 Å². The minimum absolute atomic E-state index is 0.0393. The number of ether oxygens (including phenoxy) is 1. The van der Waals surface area contributed by atoms with Crippen molar-refractivity contribution in [2.75, 3.05) is 4.90 Å². The van der Waals surface area contributed by atoms with E-state index in [0.29, 0.717) is 12.0 Å². The minimum atomic E-state index is -4.83. The number of alkyl halides is 3. The summed E-state index contributed by atoms with van der Waals surface area (Å²) in [4.78, 5) is 13.9. The molecule has 0 saturated heterocycles. The van der Waals surface area contributed by atoms with Gasteiger partial charge in [0, 0.05) is 12.1 Å². The Morgan fingerprint density at radius 3 is 2.61 bits per heavy atom. The van der Waals surface area contributed by atoms with Gasteiger partial charge in [-0.15, -0.1) is 13.2 Å². The van der Waals surface area contributed by atoms with Gasteiger partial charge in [-0.1, -0.05) is 25.5 Å². The first-order chi connectivity index (χ1) is 13.2. The van der Waals surface area contributed by atoms with E-state index in [-0.39, 0.29) is 30.1 Å². The van der Waals surface area contributed by atoms with Crippen LogP contribution in [0.25, 0.3) is 0 Å². The van der Waals surface area contributed by atoms with Gasteiger partial charge in [-0.05, 0) is 42.3 Å². The first-order valence-corrected chi connectivity index (χ1v) is 8.57. The first-order valence-electron chi connectivity index (χ1n) is 8.57. The highest BCUT2D eigenvalue weighted by molar-refractivity contribution is 5.93. The molecule has 2 rings (SSSR count). The lowest BCUT2D eigenvalue weighted by molar-refractivity contribution is -0.274. The average Bonchev–Trinajstić information content (AvgIpc) is 2.62. The normalized spacial score (nSPS) is 11.0. The number of rotatable bonds is 7. The summed E-state index contributed by atoms with van der Waals surface area (Å²) in [5.41, 5.74) is 0.576. The monoisotopic (exact) mass is 394 g/mol. The van der Waals surface area contributed by atoms with Crippen LogP contribution in [0.1, 0.15) is 37.3 Å². The van der Waals surface area contributed by atoms with E-state index in [1.165, 1.54) is 23.1 Å². The number of unbranched alkanes of at least 4 members (excludes halogenated alkanes) is 1. The van der Waals surface area contributed by atoms with Gasteiger partial charge in [-0.3, -0.25) is 4.79 Å². The van der Waals surface area contributed by atoms with E-state index < -0.39 is 17.9 Å². The Bertz CT molecular complexity index is 875. The number of carbonyl (C=O) groups is 1. The van der Waals surface area contributed by atoms with Crippen LogP contribution in [0, 0.1) is 17.1 Å². The van der Waals surface area contributed by atoms with E-state index in [2.05, 4.69) is 4.74 Å². The Labute approximate surface area is 159 Å². The Morgan fingerprint density at radius 2 is 1.96 bits per heavy atom. The van der Waals surface area contributed by atoms with Gasteiger partial charge in [0.05, 0.1) is 18.2 Å². The van der Waals surface area contributed by atoms with Crippen molar-refractivity contribution in [3.05, 3.63) is 59.4 Å². The zero-order valence-corrected chi connectivity index (χ0v) is 15.1. The molecule has 0 saturated carbocycles. The fourth-order valence-corrected chi connectivity index (χ4v) is 2.60. The van der Waals surface area contributed by atoms with Crippen LogP contribution >= 0.6 is 0 Å². The number of hydrogen-bond donors (Lipinski definition) is 0.